The van der Waals surface area contributed by atoms with Crippen LogP contribution in [0.4, 0.5) is 0 Å². The largest absolute Gasteiger partial charge is 2.00 e. The molecule has 0 bridgehead atoms. The van der Waals surface area contributed by atoms with Crippen LogP contribution in [0.2, 0.25) is 0 Å². The number of imidazole rings is 1. The minimum absolute atomic E-state index is 0. The van der Waals surface area contributed by atoms with E-state index in [2.05, 4.69) is 211 Å². The van der Waals surface area contributed by atoms with Gasteiger partial charge in [0.15, 0.2) is 0 Å². The van der Waals surface area contributed by atoms with Gasteiger partial charge in [0.2, 0.25) is 0 Å². The maximum absolute atomic E-state index is 5.62. The van der Waals surface area contributed by atoms with Gasteiger partial charge in [-0.15, -0.1) is 34.8 Å². The Morgan fingerprint density at radius 1 is 0.547 bits per heavy atom. The average molecular weight is 1000 g/mol. The molecule has 0 saturated heterocycles. The molecular weight excluding hydrogens is 964 g/mol. The van der Waals surface area contributed by atoms with Crippen molar-refractivity contribution in [3.8, 4) is 56.3 Å². The molecule has 0 radical (unpaired) electrons. The van der Waals surface area contributed by atoms with E-state index in [1.54, 1.807) is 0 Å². The van der Waals surface area contributed by atoms with E-state index >= 15 is 0 Å². The first-order chi connectivity index (χ1) is 30.9. The number of para-hydroxylation sites is 3. The molecule has 5 heterocycles. The fourth-order valence-corrected chi connectivity index (χ4v) is 9.33. The van der Waals surface area contributed by atoms with Crippen LogP contribution in [0.25, 0.3) is 111 Å². The molecule has 0 aliphatic heterocycles. The van der Waals surface area contributed by atoms with Crippen molar-refractivity contribution in [2.75, 3.05) is 0 Å². The van der Waals surface area contributed by atoms with Crippen molar-refractivity contribution in [2.24, 2.45) is 0 Å². The van der Waals surface area contributed by atoms with Crippen molar-refractivity contribution in [1.82, 2.24) is 29.1 Å². The fraction of sp³-hybridized carbons (Fsp3) is 0.0702. The van der Waals surface area contributed by atoms with Crippen molar-refractivity contribution in [3.05, 3.63) is 200 Å². The Morgan fingerprint density at radius 3 is 2.12 bits per heavy atom. The van der Waals surface area contributed by atoms with Crippen molar-refractivity contribution >= 4 is 54.6 Å². The monoisotopic (exact) mass is 1000 g/mol. The predicted molar refractivity (Wildman–Crippen MR) is 259 cm³/mol. The molecule has 308 valence electrons. The smallest absolute Gasteiger partial charge is 0.656 e. The number of fused-ring (bicyclic) bond motifs is 7. The van der Waals surface area contributed by atoms with Crippen molar-refractivity contribution in [1.29, 1.82) is 0 Å². The summed E-state index contributed by atoms with van der Waals surface area (Å²) < 4.78 is 4.56. The maximum atomic E-state index is 5.62. The Balaban J connectivity index is 0.00000456. The Bertz CT molecular complexity index is 3710. The molecule has 12 aromatic rings. The van der Waals surface area contributed by atoms with Gasteiger partial charge in [-0.2, -0.15) is 0 Å². The second kappa shape index (κ2) is 15.4. The molecule has 5 aromatic heterocycles. The third-order valence-corrected chi connectivity index (χ3v) is 12.4. The van der Waals surface area contributed by atoms with Gasteiger partial charge in [-0.05, 0) is 103 Å². The Kier molecular flexibility index (Phi) is 9.52. The zero-order valence-electron chi connectivity index (χ0n) is 35.4. The van der Waals surface area contributed by atoms with E-state index in [9.17, 15) is 0 Å². The third-order valence-electron chi connectivity index (χ3n) is 12.4. The van der Waals surface area contributed by atoms with E-state index in [1.165, 1.54) is 16.7 Å². The van der Waals surface area contributed by atoms with Gasteiger partial charge in [-0.25, -0.2) is 9.97 Å². The van der Waals surface area contributed by atoms with Crippen molar-refractivity contribution in [2.45, 2.75) is 26.2 Å². The normalized spacial score (nSPS) is 11.9. The molecule has 7 heteroatoms. The maximum Gasteiger partial charge on any atom is 2.00 e. The molecule has 0 spiro atoms. The summed E-state index contributed by atoms with van der Waals surface area (Å²) >= 11 is 0. The van der Waals surface area contributed by atoms with Crippen LogP contribution in [-0.2, 0) is 26.5 Å². The van der Waals surface area contributed by atoms with Crippen LogP contribution in [0.15, 0.2) is 188 Å². The molecule has 0 aliphatic rings. The molecule has 6 nitrogen and oxygen atoms in total. The molecule has 0 fully saturated rings. The average Bonchev–Trinajstić information content (AvgIpc) is 4.02. The Labute approximate surface area is 385 Å². The van der Waals surface area contributed by atoms with Gasteiger partial charge in [0.05, 0.1) is 11.0 Å². The molecule has 0 saturated carbocycles. The first-order valence-electron chi connectivity index (χ1n) is 21.4. The summed E-state index contributed by atoms with van der Waals surface area (Å²) in [6.07, 6.45) is 5.62. The number of aromatic nitrogens is 6. The van der Waals surface area contributed by atoms with E-state index in [-0.39, 0.29) is 26.5 Å². The predicted octanol–water partition coefficient (Wildman–Crippen LogP) is 13.9. The molecule has 0 atom stereocenters. The molecule has 0 amide bonds. The summed E-state index contributed by atoms with van der Waals surface area (Å²) in [6, 6.07) is 64.0. The van der Waals surface area contributed by atoms with Gasteiger partial charge in [-0.1, -0.05) is 141 Å². The first-order valence-corrected chi connectivity index (χ1v) is 21.4. The van der Waals surface area contributed by atoms with Gasteiger partial charge in [-0.3, -0.25) is 9.55 Å². The number of pyridine rings is 2. The second-order valence-corrected chi connectivity index (χ2v) is 17.2. The van der Waals surface area contributed by atoms with E-state index < -0.39 is 0 Å². The van der Waals surface area contributed by atoms with E-state index in [0.717, 1.165) is 99.8 Å². The van der Waals surface area contributed by atoms with E-state index in [1.807, 2.05) is 18.6 Å². The number of hydrogen-bond acceptors (Lipinski definition) is 3. The fourth-order valence-electron chi connectivity index (χ4n) is 9.33. The molecule has 12 rings (SSSR count). The molecule has 0 N–H and O–H groups in total. The topological polar surface area (TPSA) is 62.6 Å². The molecule has 7 aromatic carbocycles. The molecule has 64 heavy (non-hydrogen) atoms. The summed E-state index contributed by atoms with van der Waals surface area (Å²) in [5, 5.41) is 4.48. The zero-order chi connectivity index (χ0) is 42.2. The van der Waals surface area contributed by atoms with Crippen LogP contribution in [0.3, 0.4) is 0 Å². The molecule has 0 aliphatic carbocycles. The zero-order valence-corrected chi connectivity index (χ0v) is 37.7. The Hall–Kier alpha value is -7.40. The minimum atomic E-state index is -0.0493. The van der Waals surface area contributed by atoms with Gasteiger partial charge < -0.3 is 9.55 Å². The first kappa shape index (κ1) is 39.4. The number of rotatable bonds is 6. The number of hydrogen-bond donors (Lipinski definition) is 0. The Morgan fingerprint density at radius 2 is 1.31 bits per heavy atom. The van der Waals surface area contributed by atoms with Crippen LogP contribution < -0.4 is 4.98 Å². The van der Waals surface area contributed by atoms with Gasteiger partial charge in [0.25, 0.3) is 0 Å². The molecule has 0 unspecified atom stereocenters. The summed E-state index contributed by atoms with van der Waals surface area (Å²) in [5.41, 5.74) is 15.5. The van der Waals surface area contributed by atoms with Gasteiger partial charge in [0, 0.05) is 35.4 Å². The SMILES string of the molecule is CC(C)(C)c1ccnc(-n2c3[c-]c(-c4cccc5c4nc(-c4ccc(-c6ccncc6)c6c4[n-]c4ccccc46)n5-c4ccccc4)ccc3c3cc(-c4ccccc4)ccc32)c1.[Pt+2]. The van der Waals surface area contributed by atoms with Crippen molar-refractivity contribution < 1.29 is 21.1 Å². The van der Waals surface area contributed by atoms with Crippen LogP contribution in [-0.4, -0.2) is 24.1 Å². The van der Waals surface area contributed by atoms with Crippen LogP contribution in [0, 0.1) is 6.07 Å². The van der Waals surface area contributed by atoms with E-state index in [0.29, 0.717) is 0 Å². The quantitative estimate of drug-likeness (QED) is 0.156. The molecular formula is C57H40N6Pt. The second-order valence-electron chi connectivity index (χ2n) is 17.2. The van der Waals surface area contributed by atoms with E-state index in [4.69, 9.17) is 15.0 Å². The van der Waals surface area contributed by atoms with Crippen LogP contribution in [0.5, 0.6) is 0 Å². The third kappa shape index (κ3) is 6.40. The number of benzene rings is 7. The standard InChI is InChI=1S/C57H40N6.Pt/c1-57(2,3)40-29-32-59-52(35-40)63-49-26-22-38(36-13-6-4-7-14-36)33-47(49)44-23-21-39(34-51(44)63)43-18-12-20-50-54(43)61-56(62(50)41-15-8-5-9-16-41)46-25-24-42(37-27-30-58-31-28-37)53-45-17-10-11-19-48(45)60-55(46)53;/h4-33,35H,1-3H3;/q-2;+2. The summed E-state index contributed by atoms with van der Waals surface area (Å²) in [6.45, 7) is 6.73. The van der Waals surface area contributed by atoms with Crippen LogP contribution >= 0.6 is 0 Å². The summed E-state index contributed by atoms with van der Waals surface area (Å²) in [5.74, 6) is 1.69. The van der Waals surface area contributed by atoms with Crippen LogP contribution in [0.1, 0.15) is 26.3 Å². The van der Waals surface area contributed by atoms with Gasteiger partial charge in [0.1, 0.15) is 11.6 Å². The van der Waals surface area contributed by atoms with Gasteiger partial charge >= 0.3 is 21.1 Å². The van der Waals surface area contributed by atoms with Crippen molar-refractivity contribution in [3.63, 3.8) is 0 Å². The summed E-state index contributed by atoms with van der Waals surface area (Å²) in [4.78, 5) is 20.2. The minimum Gasteiger partial charge on any atom is -0.656 e. The number of nitrogens with zero attached hydrogens (tertiary/aromatic N) is 6. The summed E-state index contributed by atoms with van der Waals surface area (Å²) in [7, 11) is 0.